The molecule has 1 aromatic carbocycles. The molecule has 0 N–H and O–H groups in total. The molecular formula is C18H23ClN4O2S. The predicted molar refractivity (Wildman–Crippen MR) is 104 cm³/mol. The number of hydrogen-bond donors (Lipinski definition) is 0. The predicted octanol–water partition coefficient (Wildman–Crippen LogP) is 2.45. The number of morpholine rings is 1. The van der Waals surface area contributed by atoms with Gasteiger partial charge in [-0.2, -0.15) is 5.10 Å². The van der Waals surface area contributed by atoms with Gasteiger partial charge in [-0.25, -0.2) is 14.0 Å². The lowest BCUT2D eigenvalue weighted by molar-refractivity contribution is 0.0368. The van der Waals surface area contributed by atoms with Crippen molar-refractivity contribution in [2.45, 2.75) is 36.5 Å². The molecule has 2 aliphatic heterocycles. The highest BCUT2D eigenvalue weighted by atomic mass is 35.5. The summed E-state index contributed by atoms with van der Waals surface area (Å²) in [7, 11) is 0. The monoisotopic (exact) mass is 394 g/mol. The van der Waals surface area contributed by atoms with Crippen molar-refractivity contribution in [3.63, 3.8) is 0 Å². The zero-order chi connectivity index (χ0) is 18.1. The number of halogens is 1. The van der Waals surface area contributed by atoms with Crippen LogP contribution in [0.5, 0.6) is 0 Å². The number of benzene rings is 1. The minimum atomic E-state index is -0.0553. The van der Waals surface area contributed by atoms with Crippen LogP contribution in [0, 0.1) is 0 Å². The molecule has 1 unspecified atom stereocenters. The topological polar surface area (TPSA) is 52.3 Å². The quantitative estimate of drug-likeness (QED) is 0.797. The highest BCUT2D eigenvalue weighted by Gasteiger charge is 2.24. The number of nitrogens with zero attached hydrogens (tertiary/aromatic N) is 4. The van der Waals surface area contributed by atoms with Crippen LogP contribution in [0.3, 0.4) is 0 Å². The normalized spacial score (nSPS) is 20.5. The summed E-state index contributed by atoms with van der Waals surface area (Å²) in [4.78, 5) is 16.4. The minimum absolute atomic E-state index is 0.0553. The van der Waals surface area contributed by atoms with E-state index in [0.29, 0.717) is 16.8 Å². The zero-order valence-corrected chi connectivity index (χ0v) is 16.4. The van der Waals surface area contributed by atoms with Gasteiger partial charge in [0, 0.05) is 47.8 Å². The third-order valence-electron chi connectivity index (χ3n) is 4.82. The molecule has 26 heavy (non-hydrogen) atoms. The summed E-state index contributed by atoms with van der Waals surface area (Å²) < 4.78 is 8.76. The molecule has 6 nitrogen and oxygen atoms in total. The van der Waals surface area contributed by atoms with E-state index in [1.807, 2.05) is 18.2 Å². The second-order valence-electron chi connectivity index (χ2n) is 6.81. The first-order chi connectivity index (χ1) is 12.6. The van der Waals surface area contributed by atoms with Crippen LogP contribution < -0.4 is 5.69 Å². The third-order valence-corrected chi connectivity index (χ3v) is 6.20. The molecule has 0 aliphatic carbocycles. The Bertz CT molecular complexity index is 844. The van der Waals surface area contributed by atoms with Gasteiger partial charge < -0.3 is 4.74 Å². The Balaban J connectivity index is 1.57. The van der Waals surface area contributed by atoms with Crippen LogP contribution in [-0.4, -0.2) is 57.3 Å². The van der Waals surface area contributed by atoms with E-state index >= 15 is 0 Å². The summed E-state index contributed by atoms with van der Waals surface area (Å²) >= 11 is 7.90. The first-order valence-corrected chi connectivity index (χ1v) is 10.3. The molecule has 0 bridgehead atoms. The van der Waals surface area contributed by atoms with Crippen molar-refractivity contribution in [2.75, 3.05) is 32.8 Å². The third kappa shape index (κ3) is 3.71. The van der Waals surface area contributed by atoms with E-state index in [9.17, 15) is 4.79 Å². The van der Waals surface area contributed by atoms with Gasteiger partial charge >= 0.3 is 5.69 Å². The SMILES string of the molecule is CC1Cc2nn(CCCN3CCOCC3)c(=O)n2-c2ccc(Cl)cc2S1. The van der Waals surface area contributed by atoms with E-state index < -0.39 is 0 Å². The van der Waals surface area contributed by atoms with Gasteiger partial charge in [0.1, 0.15) is 5.82 Å². The summed E-state index contributed by atoms with van der Waals surface area (Å²) in [5.41, 5.74) is 0.837. The Labute approximate surface area is 162 Å². The van der Waals surface area contributed by atoms with Gasteiger partial charge in [-0.3, -0.25) is 4.90 Å². The van der Waals surface area contributed by atoms with E-state index in [-0.39, 0.29) is 5.69 Å². The van der Waals surface area contributed by atoms with Crippen molar-refractivity contribution in [2.24, 2.45) is 0 Å². The van der Waals surface area contributed by atoms with Crippen molar-refractivity contribution in [3.8, 4) is 5.69 Å². The molecule has 0 radical (unpaired) electrons. The van der Waals surface area contributed by atoms with E-state index in [4.69, 9.17) is 16.3 Å². The van der Waals surface area contributed by atoms with Crippen LogP contribution in [0.25, 0.3) is 5.69 Å². The lowest BCUT2D eigenvalue weighted by Gasteiger charge is -2.26. The van der Waals surface area contributed by atoms with Crippen molar-refractivity contribution in [1.29, 1.82) is 0 Å². The van der Waals surface area contributed by atoms with Crippen LogP contribution in [0.2, 0.25) is 5.02 Å². The highest BCUT2D eigenvalue weighted by Crippen LogP contribution is 2.35. The molecule has 1 fully saturated rings. The maximum Gasteiger partial charge on any atom is 0.350 e. The lowest BCUT2D eigenvalue weighted by Crippen LogP contribution is -2.37. The molecule has 0 spiro atoms. The molecule has 1 atom stereocenters. The maximum atomic E-state index is 13.0. The number of ether oxygens (including phenoxy) is 1. The van der Waals surface area contributed by atoms with E-state index in [0.717, 1.165) is 62.1 Å². The summed E-state index contributed by atoms with van der Waals surface area (Å²) in [5.74, 6) is 0.836. The first-order valence-electron chi connectivity index (χ1n) is 9.07. The van der Waals surface area contributed by atoms with Gasteiger partial charge in [-0.1, -0.05) is 18.5 Å². The Kier molecular flexibility index (Phi) is 5.40. The molecule has 1 saturated heterocycles. The largest absolute Gasteiger partial charge is 0.379 e. The lowest BCUT2D eigenvalue weighted by atomic mass is 10.3. The first kappa shape index (κ1) is 18.1. The Morgan fingerprint density at radius 1 is 1.31 bits per heavy atom. The Hall–Kier alpha value is -1.28. The molecule has 8 heteroatoms. The van der Waals surface area contributed by atoms with Crippen LogP contribution in [0.4, 0.5) is 0 Å². The van der Waals surface area contributed by atoms with Crippen LogP contribution in [-0.2, 0) is 17.7 Å². The molecule has 140 valence electrons. The van der Waals surface area contributed by atoms with Crippen molar-refractivity contribution in [1.82, 2.24) is 19.2 Å². The number of fused-ring (bicyclic) bond motifs is 3. The van der Waals surface area contributed by atoms with E-state index in [2.05, 4.69) is 16.9 Å². The number of hydrogen-bond acceptors (Lipinski definition) is 5. The summed E-state index contributed by atoms with van der Waals surface area (Å²) in [6, 6.07) is 5.70. The average Bonchev–Trinajstić information content (AvgIpc) is 2.83. The Morgan fingerprint density at radius 3 is 2.92 bits per heavy atom. The molecule has 2 aliphatic rings. The van der Waals surface area contributed by atoms with Gasteiger partial charge in [-0.05, 0) is 24.6 Å². The standard InChI is InChI=1S/C18H23ClN4O2S/c1-13-11-17-20-22(6-2-5-21-7-9-25-10-8-21)18(24)23(17)15-4-3-14(19)12-16(15)26-13/h3-4,12-13H,2,5-11H2,1H3. The molecule has 1 aromatic heterocycles. The molecule has 2 aromatic rings. The fourth-order valence-electron chi connectivity index (χ4n) is 3.52. The van der Waals surface area contributed by atoms with Crippen molar-refractivity contribution in [3.05, 3.63) is 39.5 Å². The summed E-state index contributed by atoms with van der Waals surface area (Å²) in [6.45, 7) is 7.31. The molecule has 4 rings (SSSR count). The highest BCUT2D eigenvalue weighted by molar-refractivity contribution is 8.00. The van der Waals surface area contributed by atoms with Gasteiger partial charge in [0.2, 0.25) is 0 Å². The fraction of sp³-hybridized carbons (Fsp3) is 0.556. The number of aryl methyl sites for hydroxylation is 1. The van der Waals surface area contributed by atoms with E-state index in [1.165, 1.54) is 0 Å². The maximum absolute atomic E-state index is 13.0. The van der Waals surface area contributed by atoms with Crippen LogP contribution >= 0.6 is 23.4 Å². The van der Waals surface area contributed by atoms with Crippen molar-refractivity contribution >= 4 is 23.4 Å². The van der Waals surface area contributed by atoms with Crippen molar-refractivity contribution < 1.29 is 4.74 Å². The molecular weight excluding hydrogens is 372 g/mol. The second kappa shape index (κ2) is 7.76. The fourth-order valence-corrected chi connectivity index (χ4v) is 4.90. The van der Waals surface area contributed by atoms with Crippen LogP contribution in [0.1, 0.15) is 19.2 Å². The number of aromatic nitrogens is 3. The van der Waals surface area contributed by atoms with Gasteiger partial charge in [0.05, 0.1) is 18.9 Å². The zero-order valence-electron chi connectivity index (χ0n) is 14.9. The molecule has 0 saturated carbocycles. The number of rotatable bonds is 4. The number of thioether (sulfide) groups is 1. The average molecular weight is 395 g/mol. The molecule has 3 heterocycles. The minimum Gasteiger partial charge on any atom is -0.379 e. The van der Waals surface area contributed by atoms with Gasteiger partial charge in [0.25, 0.3) is 0 Å². The van der Waals surface area contributed by atoms with Crippen LogP contribution in [0.15, 0.2) is 27.9 Å². The summed E-state index contributed by atoms with van der Waals surface area (Å²) in [6.07, 6.45) is 1.68. The second-order valence-corrected chi connectivity index (χ2v) is 8.73. The molecule has 0 amide bonds. The summed E-state index contributed by atoms with van der Waals surface area (Å²) in [5, 5.41) is 5.68. The Morgan fingerprint density at radius 2 is 2.12 bits per heavy atom. The van der Waals surface area contributed by atoms with E-state index in [1.54, 1.807) is 21.0 Å². The smallest absolute Gasteiger partial charge is 0.350 e. The van der Waals surface area contributed by atoms with Gasteiger partial charge in [-0.15, -0.1) is 11.8 Å². The van der Waals surface area contributed by atoms with Gasteiger partial charge in [0.15, 0.2) is 0 Å².